The standard InChI is InChI=1S/C28H27N5O4S2/c34-27(29-18-22-7-4-16-38-22)20-5-3-6-21(17-20)30-28(35)32-14-12-31(13-15-32)19-23-10-11-26(39-23)24-8-1-2-9-25(24)33(36)37/h1-11,16-17H,12-15,18-19H2,(H,29,34)(H,30,35). The summed E-state index contributed by atoms with van der Waals surface area (Å²) in [6.45, 7) is 3.79. The minimum Gasteiger partial charge on any atom is -0.347 e. The van der Waals surface area contributed by atoms with Gasteiger partial charge in [0.15, 0.2) is 0 Å². The molecule has 0 unspecified atom stereocenters. The lowest BCUT2D eigenvalue weighted by atomic mass is 10.1. The number of thiophene rings is 2. The van der Waals surface area contributed by atoms with E-state index >= 15 is 0 Å². The Hall–Kier alpha value is -4.06. The largest absolute Gasteiger partial charge is 0.347 e. The summed E-state index contributed by atoms with van der Waals surface area (Å²) in [5, 5.41) is 19.2. The van der Waals surface area contributed by atoms with E-state index in [9.17, 15) is 19.7 Å². The van der Waals surface area contributed by atoms with E-state index in [1.165, 1.54) is 6.07 Å². The molecule has 9 nitrogen and oxygen atoms in total. The highest BCUT2D eigenvalue weighted by atomic mass is 32.1. The molecule has 1 saturated heterocycles. The second-order valence-corrected chi connectivity index (χ2v) is 11.3. The maximum absolute atomic E-state index is 12.9. The van der Waals surface area contributed by atoms with Gasteiger partial charge in [-0.1, -0.05) is 24.3 Å². The molecule has 11 heteroatoms. The van der Waals surface area contributed by atoms with Crippen LogP contribution in [-0.2, 0) is 13.1 Å². The van der Waals surface area contributed by atoms with Crippen molar-refractivity contribution in [3.05, 3.63) is 104 Å². The van der Waals surface area contributed by atoms with Crippen molar-refractivity contribution in [2.45, 2.75) is 13.1 Å². The van der Waals surface area contributed by atoms with Gasteiger partial charge in [-0.2, -0.15) is 0 Å². The molecule has 4 aromatic rings. The second kappa shape index (κ2) is 12.2. The molecule has 0 spiro atoms. The monoisotopic (exact) mass is 561 g/mol. The molecule has 1 aliphatic heterocycles. The highest BCUT2D eigenvalue weighted by molar-refractivity contribution is 7.15. The summed E-state index contributed by atoms with van der Waals surface area (Å²) in [6.07, 6.45) is 0. The summed E-state index contributed by atoms with van der Waals surface area (Å²) < 4.78 is 0. The van der Waals surface area contributed by atoms with Gasteiger partial charge in [0, 0.05) is 64.7 Å². The van der Waals surface area contributed by atoms with Crippen molar-refractivity contribution in [1.82, 2.24) is 15.1 Å². The summed E-state index contributed by atoms with van der Waals surface area (Å²) in [5.41, 5.74) is 1.80. The van der Waals surface area contributed by atoms with Crippen LogP contribution in [0.1, 0.15) is 20.1 Å². The second-order valence-electron chi connectivity index (χ2n) is 9.08. The third-order valence-electron chi connectivity index (χ3n) is 6.45. The van der Waals surface area contributed by atoms with Gasteiger partial charge < -0.3 is 15.5 Å². The van der Waals surface area contributed by atoms with E-state index in [-0.39, 0.29) is 22.5 Å². The molecule has 0 saturated carbocycles. The van der Waals surface area contributed by atoms with E-state index in [2.05, 4.69) is 15.5 Å². The first-order valence-electron chi connectivity index (χ1n) is 12.5. The van der Waals surface area contributed by atoms with Gasteiger partial charge >= 0.3 is 6.03 Å². The average molecular weight is 562 g/mol. The number of carbonyl (C=O) groups excluding carboxylic acids is 2. The quantitative estimate of drug-likeness (QED) is 0.213. The van der Waals surface area contributed by atoms with E-state index in [4.69, 9.17) is 0 Å². The summed E-state index contributed by atoms with van der Waals surface area (Å²) in [7, 11) is 0. The van der Waals surface area contributed by atoms with Gasteiger partial charge in [0.25, 0.3) is 11.6 Å². The number of nitrogens with one attached hydrogen (secondary N) is 2. The van der Waals surface area contributed by atoms with Crippen LogP contribution in [0.3, 0.4) is 0 Å². The number of piperazine rings is 1. The Labute approximate surface area is 233 Å². The van der Waals surface area contributed by atoms with Crippen LogP contribution in [0.4, 0.5) is 16.2 Å². The van der Waals surface area contributed by atoms with Gasteiger partial charge in [0.05, 0.1) is 17.0 Å². The van der Waals surface area contributed by atoms with E-state index in [0.717, 1.165) is 34.3 Å². The Balaban J connectivity index is 1.11. The van der Waals surface area contributed by atoms with Gasteiger partial charge in [0.2, 0.25) is 0 Å². The first-order chi connectivity index (χ1) is 19.0. The summed E-state index contributed by atoms with van der Waals surface area (Å²) in [6, 6.07) is 21.4. The molecule has 3 heterocycles. The zero-order valence-electron chi connectivity index (χ0n) is 21.0. The van der Waals surface area contributed by atoms with Crippen LogP contribution in [-0.4, -0.2) is 52.8 Å². The Morgan fingerprint density at radius 3 is 2.51 bits per heavy atom. The Bertz CT molecular complexity index is 1460. The predicted octanol–water partition coefficient (Wildman–Crippen LogP) is 5.66. The molecular formula is C28H27N5O4S2. The number of urea groups is 1. The van der Waals surface area contributed by atoms with Crippen LogP contribution in [0.15, 0.2) is 78.2 Å². The molecular weight excluding hydrogens is 534 g/mol. The summed E-state index contributed by atoms with van der Waals surface area (Å²) in [5.74, 6) is -0.188. The van der Waals surface area contributed by atoms with Crippen molar-refractivity contribution in [2.75, 3.05) is 31.5 Å². The van der Waals surface area contributed by atoms with Crippen LogP contribution in [0, 0.1) is 10.1 Å². The lowest BCUT2D eigenvalue weighted by Gasteiger charge is -2.34. The van der Waals surface area contributed by atoms with Gasteiger partial charge in [0.1, 0.15) is 0 Å². The molecule has 0 bridgehead atoms. The normalized spacial score (nSPS) is 13.7. The molecule has 0 atom stereocenters. The first-order valence-corrected chi connectivity index (χ1v) is 14.2. The van der Waals surface area contributed by atoms with Crippen molar-refractivity contribution in [3.8, 4) is 10.4 Å². The molecule has 2 aromatic carbocycles. The summed E-state index contributed by atoms with van der Waals surface area (Å²) in [4.78, 5) is 43.6. The zero-order chi connectivity index (χ0) is 27.2. The van der Waals surface area contributed by atoms with E-state index < -0.39 is 0 Å². The maximum Gasteiger partial charge on any atom is 0.321 e. The molecule has 1 aliphatic rings. The first kappa shape index (κ1) is 26.5. The van der Waals surface area contributed by atoms with Crippen molar-refractivity contribution < 1.29 is 14.5 Å². The number of amides is 3. The van der Waals surface area contributed by atoms with Crippen molar-refractivity contribution in [1.29, 1.82) is 0 Å². The van der Waals surface area contributed by atoms with E-state index in [1.807, 2.05) is 35.7 Å². The number of nitrogens with zero attached hydrogens (tertiary/aromatic N) is 3. The predicted molar refractivity (Wildman–Crippen MR) is 154 cm³/mol. The minimum absolute atomic E-state index is 0.107. The number of hydrogen-bond acceptors (Lipinski definition) is 7. The average Bonchev–Trinajstić information content (AvgIpc) is 3.65. The molecule has 0 aliphatic carbocycles. The highest BCUT2D eigenvalue weighted by Gasteiger charge is 2.22. The molecule has 39 heavy (non-hydrogen) atoms. The number of anilines is 1. The van der Waals surface area contributed by atoms with Gasteiger partial charge in [-0.15, -0.1) is 22.7 Å². The minimum atomic E-state index is -0.351. The van der Waals surface area contributed by atoms with Crippen molar-refractivity contribution in [2.24, 2.45) is 0 Å². The fraction of sp³-hybridized carbons (Fsp3) is 0.214. The van der Waals surface area contributed by atoms with Crippen LogP contribution < -0.4 is 10.6 Å². The number of hydrogen-bond donors (Lipinski definition) is 2. The van der Waals surface area contributed by atoms with Gasteiger partial charge in [-0.3, -0.25) is 19.8 Å². The summed E-state index contributed by atoms with van der Waals surface area (Å²) >= 11 is 3.14. The van der Waals surface area contributed by atoms with Crippen LogP contribution in [0.25, 0.3) is 10.4 Å². The highest BCUT2D eigenvalue weighted by Crippen LogP contribution is 2.35. The molecule has 0 radical (unpaired) electrons. The van der Waals surface area contributed by atoms with Crippen molar-refractivity contribution in [3.63, 3.8) is 0 Å². The number of benzene rings is 2. The van der Waals surface area contributed by atoms with Crippen molar-refractivity contribution >= 4 is 46.0 Å². The van der Waals surface area contributed by atoms with Gasteiger partial charge in [-0.25, -0.2) is 4.79 Å². The van der Waals surface area contributed by atoms with Crippen LogP contribution in [0.2, 0.25) is 0 Å². The molecule has 2 aromatic heterocycles. The fourth-order valence-electron chi connectivity index (χ4n) is 4.40. The third kappa shape index (κ3) is 6.69. The smallest absolute Gasteiger partial charge is 0.321 e. The Kier molecular flexibility index (Phi) is 8.30. The maximum atomic E-state index is 12.9. The Morgan fingerprint density at radius 2 is 1.74 bits per heavy atom. The number of carbonyl (C=O) groups is 2. The molecule has 3 amide bonds. The van der Waals surface area contributed by atoms with Crippen LogP contribution >= 0.6 is 22.7 Å². The molecule has 1 fully saturated rings. The topological polar surface area (TPSA) is 108 Å². The molecule has 5 rings (SSSR count). The number of nitro groups is 1. The fourth-order valence-corrected chi connectivity index (χ4v) is 6.13. The number of nitro benzene ring substituents is 1. The van der Waals surface area contributed by atoms with E-state index in [0.29, 0.717) is 36.4 Å². The lowest BCUT2D eigenvalue weighted by Crippen LogP contribution is -2.49. The number of para-hydroxylation sites is 1. The Morgan fingerprint density at radius 1 is 0.923 bits per heavy atom. The molecule has 2 N–H and O–H groups in total. The van der Waals surface area contributed by atoms with Gasteiger partial charge in [-0.05, 0) is 47.8 Å². The zero-order valence-corrected chi connectivity index (χ0v) is 22.7. The SMILES string of the molecule is O=C(NCc1cccs1)c1cccc(NC(=O)N2CCN(Cc3ccc(-c4ccccc4[N+](=O)[O-])s3)CC2)c1. The molecule has 200 valence electrons. The van der Waals surface area contributed by atoms with E-state index in [1.54, 1.807) is 64.0 Å². The lowest BCUT2D eigenvalue weighted by molar-refractivity contribution is -0.384. The van der Waals surface area contributed by atoms with Crippen LogP contribution in [0.5, 0.6) is 0 Å². The third-order valence-corrected chi connectivity index (χ3v) is 8.43. The number of rotatable bonds is 8.